The Balaban J connectivity index is 1.71. The summed E-state index contributed by atoms with van der Waals surface area (Å²) >= 11 is 1.86. The highest BCUT2D eigenvalue weighted by molar-refractivity contribution is 8.01. The van der Waals surface area contributed by atoms with Gasteiger partial charge in [0.05, 0.1) is 5.56 Å². The van der Waals surface area contributed by atoms with E-state index in [1.807, 2.05) is 17.8 Å². The van der Waals surface area contributed by atoms with Gasteiger partial charge in [0.15, 0.2) is 0 Å². The van der Waals surface area contributed by atoms with Gasteiger partial charge in [-0.3, -0.25) is 0 Å². The minimum absolute atomic E-state index is 0.0251. The van der Waals surface area contributed by atoms with E-state index in [0.717, 1.165) is 11.1 Å². The quantitative estimate of drug-likeness (QED) is 0.532. The van der Waals surface area contributed by atoms with Gasteiger partial charge in [-0.1, -0.05) is 48.2 Å². The molecule has 3 heteroatoms. The minimum atomic E-state index is -0.931. The summed E-state index contributed by atoms with van der Waals surface area (Å²) in [4.78, 5) is 12.2. The molecule has 142 valence electrons. The molecule has 0 saturated heterocycles. The van der Waals surface area contributed by atoms with Crippen LogP contribution in [-0.2, 0) is 0 Å². The summed E-state index contributed by atoms with van der Waals surface area (Å²) in [5, 5.41) is 9.01. The van der Waals surface area contributed by atoms with Crippen LogP contribution in [0.25, 0.3) is 5.57 Å². The molecule has 0 aromatic heterocycles. The van der Waals surface area contributed by atoms with E-state index in [4.69, 9.17) is 5.11 Å². The summed E-state index contributed by atoms with van der Waals surface area (Å²) in [6.45, 7) is 4.47. The van der Waals surface area contributed by atoms with E-state index < -0.39 is 5.97 Å². The monoisotopic (exact) mass is 396 g/mol. The first kappa shape index (κ1) is 19.1. The summed E-state index contributed by atoms with van der Waals surface area (Å²) in [6.07, 6.45) is 2.33. The van der Waals surface area contributed by atoms with Gasteiger partial charge in [-0.05, 0) is 73.0 Å². The fourth-order valence-electron chi connectivity index (χ4n) is 3.34. The molecule has 0 aliphatic carbocycles. The second-order valence-corrected chi connectivity index (χ2v) is 9.17. The number of carboxylic acid groups (broad SMARTS) is 1. The maximum absolute atomic E-state index is 11.0. The van der Waals surface area contributed by atoms with Crippen LogP contribution in [0.5, 0.6) is 0 Å². The summed E-state index contributed by atoms with van der Waals surface area (Å²) in [7, 11) is 0. The molecule has 2 nitrogen and oxygen atoms in total. The standard InChI is InChI=1S/C26H20O2S/c1-26(2)17-23(20-6-4-3-5-7-20)22-16-19(12-15-24(22)29-26)9-8-18-10-13-21(14-11-18)25(27)28/h3-7,10-17H,1-2H3,(H,27,28). The molecule has 0 bridgehead atoms. The maximum Gasteiger partial charge on any atom is 0.335 e. The zero-order valence-corrected chi connectivity index (χ0v) is 17.1. The van der Waals surface area contributed by atoms with Crippen LogP contribution >= 0.6 is 11.8 Å². The fraction of sp³-hybridized carbons (Fsp3) is 0.115. The van der Waals surface area contributed by atoms with Gasteiger partial charge in [0.1, 0.15) is 0 Å². The Morgan fingerprint density at radius 3 is 2.24 bits per heavy atom. The molecule has 0 unspecified atom stereocenters. The van der Waals surface area contributed by atoms with Crippen molar-refractivity contribution in [2.75, 3.05) is 0 Å². The van der Waals surface area contributed by atoms with Crippen LogP contribution in [0.15, 0.2) is 83.8 Å². The second kappa shape index (κ2) is 7.66. The number of carbonyl (C=O) groups is 1. The van der Waals surface area contributed by atoms with Crippen molar-refractivity contribution in [3.8, 4) is 11.8 Å². The molecule has 0 radical (unpaired) electrons. The van der Waals surface area contributed by atoms with Crippen molar-refractivity contribution in [3.63, 3.8) is 0 Å². The van der Waals surface area contributed by atoms with Crippen molar-refractivity contribution in [1.82, 2.24) is 0 Å². The average Bonchev–Trinajstić information content (AvgIpc) is 2.72. The molecule has 29 heavy (non-hydrogen) atoms. The van der Waals surface area contributed by atoms with Crippen LogP contribution < -0.4 is 0 Å². The molecule has 1 heterocycles. The number of carboxylic acids is 1. The Bertz CT molecular complexity index is 1160. The fourth-order valence-corrected chi connectivity index (χ4v) is 4.50. The number of rotatable bonds is 2. The minimum Gasteiger partial charge on any atom is -0.478 e. The van der Waals surface area contributed by atoms with Gasteiger partial charge >= 0.3 is 5.97 Å². The molecular formula is C26H20O2S. The van der Waals surface area contributed by atoms with Gasteiger partial charge < -0.3 is 5.11 Å². The maximum atomic E-state index is 11.0. The van der Waals surface area contributed by atoms with E-state index in [0.29, 0.717) is 0 Å². The van der Waals surface area contributed by atoms with Crippen molar-refractivity contribution in [2.24, 2.45) is 0 Å². The lowest BCUT2D eigenvalue weighted by molar-refractivity contribution is 0.0697. The Kier molecular flexibility index (Phi) is 5.05. The molecule has 3 aromatic rings. The normalized spacial score (nSPS) is 14.2. The first-order chi connectivity index (χ1) is 13.9. The Hall–Kier alpha value is -3.22. The zero-order valence-electron chi connectivity index (χ0n) is 16.3. The number of benzene rings is 3. The molecule has 0 spiro atoms. The summed E-state index contributed by atoms with van der Waals surface area (Å²) < 4.78 is 0.0251. The van der Waals surface area contributed by atoms with Crippen molar-refractivity contribution in [1.29, 1.82) is 0 Å². The van der Waals surface area contributed by atoms with E-state index in [9.17, 15) is 4.79 Å². The molecule has 3 aromatic carbocycles. The first-order valence-electron chi connectivity index (χ1n) is 9.38. The topological polar surface area (TPSA) is 37.3 Å². The zero-order chi connectivity index (χ0) is 20.4. The SMILES string of the molecule is CC1(C)C=C(c2ccccc2)c2cc(C#Cc3ccc(C(=O)O)cc3)ccc2S1. The van der Waals surface area contributed by atoms with Gasteiger partial charge in [0.25, 0.3) is 0 Å². The Morgan fingerprint density at radius 2 is 1.55 bits per heavy atom. The van der Waals surface area contributed by atoms with Gasteiger partial charge in [-0.15, -0.1) is 11.8 Å². The summed E-state index contributed by atoms with van der Waals surface area (Å²) in [5.74, 6) is 5.42. The molecule has 1 aliphatic rings. The molecule has 4 rings (SSSR count). The predicted molar refractivity (Wildman–Crippen MR) is 119 cm³/mol. The highest BCUT2D eigenvalue weighted by atomic mass is 32.2. The molecular weight excluding hydrogens is 376 g/mol. The van der Waals surface area contributed by atoms with Gasteiger partial charge in [0, 0.05) is 20.8 Å². The van der Waals surface area contributed by atoms with E-state index in [-0.39, 0.29) is 10.3 Å². The summed E-state index contributed by atoms with van der Waals surface area (Å²) in [6, 6.07) is 23.4. The van der Waals surface area contributed by atoms with Crippen molar-refractivity contribution >= 4 is 23.3 Å². The third-order valence-corrected chi connectivity index (χ3v) is 5.92. The van der Waals surface area contributed by atoms with Crippen molar-refractivity contribution in [3.05, 3.63) is 107 Å². The Morgan fingerprint density at radius 1 is 0.897 bits per heavy atom. The number of fused-ring (bicyclic) bond motifs is 1. The van der Waals surface area contributed by atoms with Gasteiger partial charge in [0.2, 0.25) is 0 Å². The average molecular weight is 397 g/mol. The predicted octanol–water partition coefficient (Wildman–Crippen LogP) is 6.10. The smallest absolute Gasteiger partial charge is 0.335 e. The molecule has 1 N–H and O–H groups in total. The third kappa shape index (κ3) is 4.29. The highest BCUT2D eigenvalue weighted by Crippen LogP contribution is 2.46. The molecule has 0 amide bonds. The van der Waals surface area contributed by atoms with Crippen molar-refractivity contribution in [2.45, 2.75) is 23.5 Å². The number of hydrogen-bond donors (Lipinski definition) is 1. The number of aromatic carboxylic acids is 1. The van der Waals surface area contributed by atoms with Crippen molar-refractivity contribution < 1.29 is 9.90 Å². The largest absolute Gasteiger partial charge is 0.478 e. The lowest BCUT2D eigenvalue weighted by atomic mass is 9.92. The van der Waals surface area contributed by atoms with Gasteiger partial charge in [-0.2, -0.15) is 0 Å². The second-order valence-electron chi connectivity index (χ2n) is 7.47. The van der Waals surface area contributed by atoms with Crippen LogP contribution in [0, 0.1) is 11.8 Å². The third-order valence-electron chi connectivity index (χ3n) is 4.70. The molecule has 0 saturated carbocycles. The lowest BCUT2D eigenvalue weighted by Gasteiger charge is -2.29. The van der Waals surface area contributed by atoms with Gasteiger partial charge in [-0.25, -0.2) is 4.79 Å². The van der Waals surface area contributed by atoms with Crippen LogP contribution in [0.2, 0.25) is 0 Å². The van der Waals surface area contributed by atoms with E-state index in [2.05, 4.69) is 74.2 Å². The lowest BCUT2D eigenvalue weighted by Crippen LogP contribution is -2.16. The van der Waals surface area contributed by atoms with Crippen LogP contribution in [0.1, 0.15) is 46.5 Å². The molecule has 0 fully saturated rings. The number of thioether (sulfide) groups is 1. The van der Waals surface area contributed by atoms with Crippen LogP contribution in [0.4, 0.5) is 0 Å². The molecule has 1 aliphatic heterocycles. The summed E-state index contributed by atoms with van der Waals surface area (Å²) in [5.41, 5.74) is 5.64. The first-order valence-corrected chi connectivity index (χ1v) is 10.2. The van der Waals surface area contributed by atoms with Crippen LogP contribution in [-0.4, -0.2) is 15.8 Å². The Labute approximate surface area is 175 Å². The van der Waals surface area contributed by atoms with E-state index >= 15 is 0 Å². The number of hydrogen-bond acceptors (Lipinski definition) is 2. The van der Waals surface area contributed by atoms with E-state index in [1.165, 1.54) is 21.6 Å². The highest BCUT2D eigenvalue weighted by Gasteiger charge is 2.26. The van der Waals surface area contributed by atoms with E-state index in [1.54, 1.807) is 24.3 Å². The van der Waals surface area contributed by atoms with Crippen LogP contribution in [0.3, 0.4) is 0 Å². The molecule has 0 atom stereocenters.